The van der Waals surface area contributed by atoms with E-state index in [1.54, 1.807) is 0 Å². The van der Waals surface area contributed by atoms with Gasteiger partial charge in [0.1, 0.15) is 0 Å². The smallest absolute Gasteiger partial charge is 0.0454 e. The molecule has 1 aromatic heterocycles. The summed E-state index contributed by atoms with van der Waals surface area (Å²) < 4.78 is 0. The normalized spacial score (nSPS) is 10.4. The van der Waals surface area contributed by atoms with Crippen LogP contribution in [0, 0.1) is 6.92 Å². The van der Waals surface area contributed by atoms with E-state index in [-0.39, 0.29) is 0 Å². The Morgan fingerprint density at radius 1 is 1.55 bits per heavy atom. The highest BCUT2D eigenvalue weighted by Crippen LogP contribution is 2.14. The molecular formula is C8H14N2S. The van der Waals surface area contributed by atoms with Gasteiger partial charge >= 0.3 is 0 Å². The molecule has 0 atom stereocenters. The van der Waals surface area contributed by atoms with E-state index in [9.17, 15) is 0 Å². The van der Waals surface area contributed by atoms with Gasteiger partial charge in [-0.1, -0.05) is 0 Å². The van der Waals surface area contributed by atoms with Crippen molar-refractivity contribution in [1.29, 1.82) is 0 Å². The Morgan fingerprint density at radius 2 is 2.36 bits per heavy atom. The molecule has 0 aromatic carbocycles. The third-order valence-corrected chi connectivity index (χ3v) is 2.58. The third-order valence-electron chi connectivity index (χ3n) is 1.56. The average molecular weight is 170 g/mol. The fourth-order valence-electron chi connectivity index (χ4n) is 0.886. The minimum atomic E-state index is 0.872. The predicted molar refractivity (Wildman–Crippen MR) is 49.8 cm³/mol. The van der Waals surface area contributed by atoms with Gasteiger partial charge in [0.05, 0.1) is 0 Å². The predicted octanol–water partition coefficient (Wildman–Crippen LogP) is 1.32. The van der Waals surface area contributed by atoms with Gasteiger partial charge in [-0.15, -0.1) is 11.3 Å². The lowest BCUT2D eigenvalue weighted by molar-refractivity contribution is 0.635. The van der Waals surface area contributed by atoms with E-state index < -0.39 is 0 Å². The minimum absolute atomic E-state index is 0.872. The second-order valence-corrected chi connectivity index (χ2v) is 3.48. The summed E-state index contributed by atoms with van der Waals surface area (Å²) >= 11 is 1.81. The van der Waals surface area contributed by atoms with Gasteiger partial charge in [-0.2, -0.15) is 0 Å². The van der Waals surface area contributed by atoms with Gasteiger partial charge in [-0.25, -0.2) is 0 Å². The van der Waals surface area contributed by atoms with Gasteiger partial charge < -0.3 is 5.32 Å². The van der Waals surface area contributed by atoms with Crippen LogP contribution in [0.2, 0.25) is 0 Å². The molecule has 3 heteroatoms. The van der Waals surface area contributed by atoms with Crippen molar-refractivity contribution >= 4 is 11.3 Å². The first-order valence-corrected chi connectivity index (χ1v) is 4.61. The Balaban J connectivity index is 2.32. The van der Waals surface area contributed by atoms with Crippen molar-refractivity contribution in [1.82, 2.24) is 10.6 Å². The summed E-state index contributed by atoms with van der Waals surface area (Å²) in [6, 6.07) is 2.15. The number of thiophene rings is 1. The molecule has 2 nitrogen and oxygen atoms in total. The molecule has 0 aliphatic carbocycles. The highest BCUT2D eigenvalue weighted by molar-refractivity contribution is 7.10. The Bertz CT molecular complexity index is 208. The highest BCUT2D eigenvalue weighted by atomic mass is 32.1. The number of hydrogen-bond donors (Lipinski definition) is 2. The molecule has 1 aromatic rings. The second kappa shape index (κ2) is 4.49. The van der Waals surface area contributed by atoms with Crippen LogP contribution in [0.3, 0.4) is 0 Å². The monoisotopic (exact) mass is 170 g/mol. The second-order valence-electron chi connectivity index (χ2n) is 2.48. The zero-order valence-corrected chi connectivity index (χ0v) is 7.79. The molecule has 62 valence electrons. The van der Waals surface area contributed by atoms with Gasteiger partial charge in [-0.05, 0) is 31.0 Å². The van der Waals surface area contributed by atoms with Crippen molar-refractivity contribution in [2.75, 3.05) is 13.7 Å². The molecule has 0 aliphatic heterocycles. The molecule has 0 amide bonds. The van der Waals surface area contributed by atoms with Crippen molar-refractivity contribution < 1.29 is 0 Å². The molecule has 0 spiro atoms. The summed E-state index contributed by atoms with van der Waals surface area (Å²) in [6.45, 7) is 3.99. The average Bonchev–Trinajstić information content (AvgIpc) is 2.37. The maximum Gasteiger partial charge on any atom is 0.0454 e. The van der Waals surface area contributed by atoms with Crippen LogP contribution in [-0.4, -0.2) is 13.7 Å². The van der Waals surface area contributed by atoms with Crippen molar-refractivity contribution in [2.24, 2.45) is 0 Å². The molecule has 0 saturated heterocycles. The fourth-order valence-corrected chi connectivity index (χ4v) is 1.76. The SMILES string of the molecule is CNCNCc1sccc1C. The Hall–Kier alpha value is -0.380. The third kappa shape index (κ3) is 2.61. The zero-order valence-electron chi connectivity index (χ0n) is 6.98. The van der Waals surface area contributed by atoms with E-state index >= 15 is 0 Å². The van der Waals surface area contributed by atoms with Crippen LogP contribution in [0.4, 0.5) is 0 Å². The van der Waals surface area contributed by atoms with Crippen LogP contribution in [0.1, 0.15) is 10.4 Å². The summed E-state index contributed by atoms with van der Waals surface area (Å²) in [7, 11) is 1.94. The van der Waals surface area contributed by atoms with Crippen LogP contribution in [0.5, 0.6) is 0 Å². The molecule has 1 heterocycles. The van der Waals surface area contributed by atoms with Crippen LogP contribution in [0.25, 0.3) is 0 Å². The Labute approximate surface area is 71.6 Å². The van der Waals surface area contributed by atoms with E-state index in [1.165, 1.54) is 10.4 Å². The maximum atomic E-state index is 3.28. The van der Waals surface area contributed by atoms with Crippen LogP contribution in [-0.2, 0) is 6.54 Å². The summed E-state index contributed by atoms with van der Waals surface area (Å²) in [5, 5.41) is 8.45. The number of rotatable bonds is 4. The van der Waals surface area contributed by atoms with Crippen LogP contribution >= 0.6 is 11.3 Å². The van der Waals surface area contributed by atoms with E-state index in [4.69, 9.17) is 0 Å². The minimum Gasteiger partial charge on any atom is -0.308 e. The highest BCUT2D eigenvalue weighted by Gasteiger charge is 1.96. The van der Waals surface area contributed by atoms with Gasteiger partial charge in [0, 0.05) is 18.1 Å². The van der Waals surface area contributed by atoms with Crippen molar-refractivity contribution in [3.8, 4) is 0 Å². The first kappa shape index (κ1) is 8.71. The lowest BCUT2D eigenvalue weighted by atomic mass is 10.3. The lowest BCUT2D eigenvalue weighted by Gasteiger charge is -2.01. The maximum absolute atomic E-state index is 3.28. The standard InChI is InChI=1S/C8H14N2S/c1-7-3-4-11-8(7)5-10-6-9-2/h3-4,9-10H,5-6H2,1-2H3. The first-order valence-electron chi connectivity index (χ1n) is 3.73. The topological polar surface area (TPSA) is 24.1 Å². The van der Waals surface area contributed by atoms with Crippen molar-refractivity contribution in [3.63, 3.8) is 0 Å². The molecule has 0 aliphatic rings. The molecule has 0 fully saturated rings. The molecule has 0 radical (unpaired) electrons. The molecule has 1 rings (SSSR count). The van der Waals surface area contributed by atoms with Crippen LogP contribution < -0.4 is 10.6 Å². The molecule has 11 heavy (non-hydrogen) atoms. The zero-order chi connectivity index (χ0) is 8.10. The van der Waals surface area contributed by atoms with Gasteiger partial charge in [0.15, 0.2) is 0 Å². The largest absolute Gasteiger partial charge is 0.308 e. The summed E-state index contributed by atoms with van der Waals surface area (Å²) in [5.74, 6) is 0. The van der Waals surface area contributed by atoms with E-state index in [2.05, 4.69) is 29.0 Å². The fraction of sp³-hybridized carbons (Fsp3) is 0.500. The van der Waals surface area contributed by atoms with E-state index in [1.807, 2.05) is 18.4 Å². The number of aryl methyl sites for hydroxylation is 1. The van der Waals surface area contributed by atoms with E-state index in [0.29, 0.717) is 0 Å². The number of nitrogens with one attached hydrogen (secondary N) is 2. The van der Waals surface area contributed by atoms with Crippen molar-refractivity contribution in [3.05, 3.63) is 21.9 Å². The molecular weight excluding hydrogens is 156 g/mol. The van der Waals surface area contributed by atoms with Crippen LogP contribution in [0.15, 0.2) is 11.4 Å². The quantitative estimate of drug-likeness (QED) is 0.526. The molecule has 0 saturated carbocycles. The number of hydrogen-bond acceptors (Lipinski definition) is 3. The first-order chi connectivity index (χ1) is 5.34. The van der Waals surface area contributed by atoms with Gasteiger partial charge in [0.2, 0.25) is 0 Å². The molecule has 0 bridgehead atoms. The van der Waals surface area contributed by atoms with Crippen molar-refractivity contribution in [2.45, 2.75) is 13.5 Å². The van der Waals surface area contributed by atoms with Gasteiger partial charge in [-0.3, -0.25) is 5.32 Å². The summed E-state index contributed by atoms with van der Waals surface area (Å²) in [4.78, 5) is 1.43. The summed E-state index contributed by atoms with van der Waals surface area (Å²) in [5.41, 5.74) is 1.39. The Kier molecular flexibility index (Phi) is 3.56. The summed E-state index contributed by atoms with van der Waals surface area (Å²) in [6.07, 6.45) is 0. The molecule has 0 unspecified atom stereocenters. The van der Waals surface area contributed by atoms with E-state index in [0.717, 1.165) is 13.2 Å². The van der Waals surface area contributed by atoms with Gasteiger partial charge in [0.25, 0.3) is 0 Å². The lowest BCUT2D eigenvalue weighted by Crippen LogP contribution is -2.25. The molecule has 2 N–H and O–H groups in total. The Morgan fingerprint density at radius 3 is 2.91 bits per heavy atom.